The number of carbonyl (C=O) groups excluding carboxylic acids is 2. The highest BCUT2D eigenvalue weighted by atomic mass is 16.6. The second-order valence-electron chi connectivity index (χ2n) is 5.86. The van der Waals surface area contributed by atoms with Crippen molar-refractivity contribution in [3.05, 3.63) is 35.4 Å². The molecular formula is C17H19NO6. The van der Waals surface area contributed by atoms with Crippen molar-refractivity contribution in [2.75, 3.05) is 19.8 Å². The number of esters is 1. The third kappa shape index (κ3) is 2.05. The Morgan fingerprint density at radius 1 is 1.29 bits per heavy atom. The van der Waals surface area contributed by atoms with E-state index in [0.717, 1.165) is 0 Å². The van der Waals surface area contributed by atoms with Gasteiger partial charge in [0.15, 0.2) is 5.60 Å². The molecular weight excluding hydrogens is 314 g/mol. The van der Waals surface area contributed by atoms with Crippen LogP contribution in [0.25, 0.3) is 0 Å². The molecule has 3 rings (SSSR count). The fourth-order valence-electron chi connectivity index (χ4n) is 3.42. The molecule has 2 aliphatic rings. The fraction of sp³-hybridized carbons (Fsp3) is 0.471. The Hall–Kier alpha value is -2.09. The molecule has 0 bridgehead atoms. The van der Waals surface area contributed by atoms with Crippen LogP contribution in [0.5, 0.6) is 0 Å². The van der Waals surface area contributed by atoms with Gasteiger partial charge in [-0.05, 0) is 13.8 Å². The first kappa shape index (κ1) is 16.8. The first-order chi connectivity index (χ1) is 11.4. The van der Waals surface area contributed by atoms with Crippen LogP contribution in [-0.4, -0.2) is 53.1 Å². The highest BCUT2D eigenvalue weighted by Crippen LogP contribution is 2.53. The predicted octanol–water partition coefficient (Wildman–Crippen LogP) is 0.430. The maximum Gasteiger partial charge on any atom is 0.318 e. The lowest BCUT2D eigenvalue weighted by Crippen LogP contribution is -2.56. The minimum absolute atomic E-state index is 0.00784. The van der Waals surface area contributed by atoms with Crippen molar-refractivity contribution in [2.45, 2.75) is 25.2 Å². The van der Waals surface area contributed by atoms with E-state index in [1.807, 2.05) is 6.92 Å². The average Bonchev–Trinajstić information content (AvgIpc) is 2.87. The number of hydrogen-bond donors (Lipinski definition) is 2. The number of rotatable bonds is 5. The Kier molecular flexibility index (Phi) is 4.03. The van der Waals surface area contributed by atoms with Crippen molar-refractivity contribution in [1.29, 1.82) is 0 Å². The van der Waals surface area contributed by atoms with Gasteiger partial charge in [-0.3, -0.25) is 14.6 Å². The molecule has 0 spiro atoms. The first-order valence-electron chi connectivity index (χ1n) is 7.77. The summed E-state index contributed by atoms with van der Waals surface area (Å²) in [7, 11) is 0. The maximum atomic E-state index is 12.7. The molecule has 1 aromatic rings. The summed E-state index contributed by atoms with van der Waals surface area (Å²) in [6.07, 6.45) is 0. The lowest BCUT2D eigenvalue weighted by atomic mass is 9.79. The number of carbonyl (C=O) groups is 2. The second-order valence-corrected chi connectivity index (χ2v) is 5.86. The van der Waals surface area contributed by atoms with Crippen molar-refractivity contribution in [1.82, 2.24) is 0 Å². The number of nitrogens with zero attached hydrogens (tertiary/aromatic N) is 1. The molecule has 7 nitrogen and oxygen atoms in total. The number of fused-ring (bicyclic) bond motifs is 3. The van der Waals surface area contributed by atoms with Crippen LogP contribution in [0.15, 0.2) is 29.3 Å². The molecule has 7 heteroatoms. The minimum atomic E-state index is -2.39. The molecule has 1 heterocycles. The molecule has 0 radical (unpaired) electrons. The fourth-order valence-corrected chi connectivity index (χ4v) is 3.42. The van der Waals surface area contributed by atoms with Gasteiger partial charge in [0, 0.05) is 23.4 Å². The molecule has 0 saturated heterocycles. The van der Waals surface area contributed by atoms with Crippen molar-refractivity contribution in [3.8, 4) is 0 Å². The Morgan fingerprint density at radius 2 is 2.00 bits per heavy atom. The van der Waals surface area contributed by atoms with Gasteiger partial charge in [-0.1, -0.05) is 24.3 Å². The third-order valence-electron chi connectivity index (χ3n) is 4.51. The highest BCUT2D eigenvalue weighted by Gasteiger charge is 2.72. The minimum Gasteiger partial charge on any atom is -0.463 e. The summed E-state index contributed by atoms with van der Waals surface area (Å²) in [5.74, 6) is -2.90. The standard InChI is InChI=1S/C17H19NO6/c1-3-23-8-9-24-15(20)13-10(2)18-17(22)12-7-5-4-6-11(12)14(19)16(13,17)21/h4-7,13,21-22H,3,8-9H2,1-2H3/t13-,16-,17+/m1/s1. The number of hydrogen-bond acceptors (Lipinski definition) is 7. The summed E-state index contributed by atoms with van der Waals surface area (Å²) in [4.78, 5) is 29.2. The van der Waals surface area contributed by atoms with Gasteiger partial charge in [-0.15, -0.1) is 0 Å². The summed E-state index contributed by atoms with van der Waals surface area (Å²) in [6, 6.07) is 6.27. The molecule has 1 aromatic carbocycles. The van der Waals surface area contributed by atoms with Gasteiger partial charge >= 0.3 is 5.97 Å². The Balaban J connectivity index is 1.94. The summed E-state index contributed by atoms with van der Waals surface area (Å²) in [5.41, 5.74) is -4.05. The third-order valence-corrected chi connectivity index (χ3v) is 4.51. The van der Waals surface area contributed by atoms with Crippen LogP contribution in [0.2, 0.25) is 0 Å². The van der Waals surface area contributed by atoms with Gasteiger partial charge in [0.05, 0.1) is 6.61 Å². The van der Waals surface area contributed by atoms with Gasteiger partial charge in [-0.25, -0.2) is 0 Å². The van der Waals surface area contributed by atoms with Crippen molar-refractivity contribution in [2.24, 2.45) is 10.9 Å². The smallest absolute Gasteiger partial charge is 0.318 e. The zero-order valence-electron chi connectivity index (χ0n) is 13.5. The van der Waals surface area contributed by atoms with E-state index in [1.165, 1.54) is 19.1 Å². The summed E-state index contributed by atoms with van der Waals surface area (Å²) < 4.78 is 10.2. The summed E-state index contributed by atoms with van der Waals surface area (Å²) in [6.45, 7) is 3.98. The largest absolute Gasteiger partial charge is 0.463 e. The highest BCUT2D eigenvalue weighted by molar-refractivity contribution is 6.18. The molecule has 3 atom stereocenters. The Morgan fingerprint density at radius 3 is 2.71 bits per heavy atom. The van der Waals surface area contributed by atoms with E-state index in [4.69, 9.17) is 9.47 Å². The molecule has 24 heavy (non-hydrogen) atoms. The molecule has 0 amide bonds. The van der Waals surface area contributed by atoms with E-state index in [2.05, 4.69) is 4.99 Å². The van der Waals surface area contributed by atoms with Crippen LogP contribution in [0.3, 0.4) is 0 Å². The van der Waals surface area contributed by atoms with E-state index >= 15 is 0 Å². The Bertz CT molecular complexity index is 730. The van der Waals surface area contributed by atoms with Crippen LogP contribution in [0, 0.1) is 5.92 Å². The monoisotopic (exact) mass is 333 g/mol. The topological polar surface area (TPSA) is 105 Å². The maximum absolute atomic E-state index is 12.7. The molecule has 0 fully saturated rings. The van der Waals surface area contributed by atoms with Gasteiger partial charge in [0.1, 0.15) is 12.5 Å². The summed E-state index contributed by atoms with van der Waals surface area (Å²) in [5, 5.41) is 22.0. The number of Topliss-reactive ketones (excluding diaryl/α,β-unsaturated/α-hetero) is 1. The lowest BCUT2D eigenvalue weighted by molar-refractivity contribution is -0.166. The van der Waals surface area contributed by atoms with Crippen LogP contribution in [0.1, 0.15) is 29.8 Å². The second kappa shape index (κ2) is 5.77. The SMILES string of the molecule is CCOCCOC(=O)[C@H]1C(C)=N[C@]2(O)c3ccccc3C(=O)[C@]12O. The number of aliphatic hydroxyl groups is 2. The number of ether oxygens (including phenoxy) is 2. The van der Waals surface area contributed by atoms with E-state index in [-0.39, 0.29) is 30.1 Å². The van der Waals surface area contributed by atoms with E-state index in [9.17, 15) is 19.8 Å². The predicted molar refractivity (Wildman–Crippen MR) is 83.7 cm³/mol. The normalized spacial score (nSPS) is 30.8. The van der Waals surface area contributed by atoms with Crippen molar-refractivity contribution < 1.29 is 29.3 Å². The van der Waals surface area contributed by atoms with Crippen LogP contribution in [0.4, 0.5) is 0 Å². The molecule has 0 aromatic heterocycles. The van der Waals surface area contributed by atoms with Crippen LogP contribution in [-0.2, 0) is 20.0 Å². The van der Waals surface area contributed by atoms with E-state index in [1.54, 1.807) is 12.1 Å². The molecule has 0 saturated carbocycles. The first-order valence-corrected chi connectivity index (χ1v) is 7.77. The van der Waals surface area contributed by atoms with Crippen molar-refractivity contribution in [3.63, 3.8) is 0 Å². The van der Waals surface area contributed by atoms with Crippen LogP contribution >= 0.6 is 0 Å². The van der Waals surface area contributed by atoms with Crippen LogP contribution < -0.4 is 0 Å². The molecule has 2 N–H and O–H groups in total. The number of benzene rings is 1. The van der Waals surface area contributed by atoms with Gasteiger partial charge in [-0.2, -0.15) is 0 Å². The lowest BCUT2D eigenvalue weighted by Gasteiger charge is -2.31. The van der Waals surface area contributed by atoms with E-state index in [0.29, 0.717) is 6.61 Å². The zero-order chi connectivity index (χ0) is 17.5. The molecule has 0 unspecified atom stereocenters. The van der Waals surface area contributed by atoms with Gasteiger partial charge in [0.25, 0.3) is 0 Å². The molecule has 1 aliphatic carbocycles. The average molecular weight is 333 g/mol. The van der Waals surface area contributed by atoms with Gasteiger partial charge < -0.3 is 19.7 Å². The van der Waals surface area contributed by atoms with E-state index < -0.39 is 29.0 Å². The summed E-state index contributed by atoms with van der Waals surface area (Å²) >= 11 is 0. The van der Waals surface area contributed by atoms with Gasteiger partial charge in [0.2, 0.25) is 11.5 Å². The zero-order valence-corrected chi connectivity index (χ0v) is 13.5. The quantitative estimate of drug-likeness (QED) is 0.598. The number of aliphatic imine (C=N–C) groups is 1. The Labute approximate surface area is 138 Å². The molecule has 1 aliphatic heterocycles. The molecule has 128 valence electrons. The van der Waals surface area contributed by atoms with Crippen molar-refractivity contribution >= 4 is 17.5 Å². The number of ketones is 1.